The fraction of sp³-hybridized carbons (Fsp3) is 0. The third-order valence-electron chi connectivity index (χ3n) is 3.21. The Bertz CT molecular complexity index is 1050. The first-order valence-corrected chi connectivity index (χ1v) is 9.52. The van der Waals surface area contributed by atoms with Gasteiger partial charge < -0.3 is 22.5 Å². The number of thiophene rings is 2. The summed E-state index contributed by atoms with van der Waals surface area (Å²) in [5.74, 6) is 0.662. The molecular weight excluding hydrogens is 400 g/mol. The van der Waals surface area contributed by atoms with E-state index in [0.717, 1.165) is 10.0 Å². The molecule has 4 aromatic rings. The number of hydrazine groups is 1. The van der Waals surface area contributed by atoms with E-state index in [1.165, 1.54) is 27.7 Å². The van der Waals surface area contributed by atoms with Crippen LogP contribution < -0.4 is 33.0 Å². The first-order valence-electron chi connectivity index (χ1n) is 7.76. The van der Waals surface area contributed by atoms with Crippen molar-refractivity contribution in [3.05, 3.63) is 35.0 Å². The van der Waals surface area contributed by atoms with Gasteiger partial charge in [0.25, 0.3) is 5.95 Å². The van der Waals surface area contributed by atoms with Crippen molar-refractivity contribution in [1.29, 1.82) is 0 Å². The molecule has 0 aliphatic rings. The van der Waals surface area contributed by atoms with E-state index >= 15 is 0 Å². The number of aromatic nitrogens is 6. The molecule has 142 valence electrons. The maximum atomic E-state index is 5.83. The topological polar surface area (TPSA) is 183 Å². The van der Waals surface area contributed by atoms with Gasteiger partial charge in [-0.1, -0.05) is 0 Å². The molecule has 28 heavy (non-hydrogen) atoms. The summed E-state index contributed by atoms with van der Waals surface area (Å²) in [6.45, 7) is 0. The second-order valence-corrected chi connectivity index (χ2v) is 7.07. The molecule has 0 fully saturated rings. The number of nitrogens with zero attached hydrogens (tertiary/aromatic N) is 7. The molecule has 0 bridgehead atoms. The van der Waals surface area contributed by atoms with Crippen LogP contribution in [-0.4, -0.2) is 29.9 Å². The fourth-order valence-electron chi connectivity index (χ4n) is 2.16. The zero-order valence-electron chi connectivity index (χ0n) is 14.1. The Morgan fingerprint density at radius 1 is 0.750 bits per heavy atom. The summed E-state index contributed by atoms with van der Waals surface area (Å²) in [6, 6.07) is 7.52. The summed E-state index contributed by atoms with van der Waals surface area (Å²) in [5, 5.41) is 10.0. The largest absolute Gasteiger partial charge is 0.368 e. The monoisotopic (exact) mass is 414 g/mol. The molecule has 0 unspecified atom stereocenters. The highest BCUT2D eigenvalue weighted by atomic mass is 32.1. The van der Waals surface area contributed by atoms with Gasteiger partial charge in [-0.2, -0.15) is 29.9 Å². The Balaban J connectivity index is 1.68. The Labute approximate surface area is 166 Å². The zero-order chi connectivity index (χ0) is 19.5. The molecule has 0 aromatic carbocycles. The number of hydrogen-bond donors (Lipinski definition) is 5. The molecule has 0 atom stereocenters. The molecule has 4 rings (SSSR count). The van der Waals surface area contributed by atoms with Crippen LogP contribution in [0.15, 0.2) is 35.0 Å². The van der Waals surface area contributed by atoms with Crippen molar-refractivity contribution in [2.24, 2.45) is 0 Å². The highest BCUT2D eigenvalue weighted by molar-refractivity contribution is 7.14. The van der Waals surface area contributed by atoms with E-state index in [1.54, 1.807) is 0 Å². The van der Waals surface area contributed by atoms with Gasteiger partial charge in [-0.25, -0.2) is 5.01 Å². The van der Waals surface area contributed by atoms with E-state index in [-0.39, 0.29) is 29.7 Å². The molecule has 0 amide bonds. The van der Waals surface area contributed by atoms with Crippen molar-refractivity contribution >= 4 is 68.4 Å². The van der Waals surface area contributed by atoms with Gasteiger partial charge >= 0.3 is 0 Å². The van der Waals surface area contributed by atoms with Gasteiger partial charge in [0.1, 0.15) is 5.00 Å². The molecule has 12 nitrogen and oxygen atoms in total. The Morgan fingerprint density at radius 2 is 1.43 bits per heavy atom. The number of anilines is 8. The molecule has 14 heteroatoms. The SMILES string of the molecule is Nc1nc(Nc2cccs2)nc(NN(c2nc(N)nc(N)n2)c2cccs2)n1. The summed E-state index contributed by atoms with van der Waals surface area (Å²) in [5.41, 5.74) is 20.3. The van der Waals surface area contributed by atoms with Gasteiger partial charge in [-0.3, -0.25) is 5.43 Å². The predicted octanol–water partition coefficient (Wildman–Crippen LogP) is 1.83. The maximum Gasteiger partial charge on any atom is 0.256 e. The molecule has 0 saturated carbocycles. The van der Waals surface area contributed by atoms with Crippen molar-refractivity contribution < 1.29 is 0 Å². The van der Waals surface area contributed by atoms with Gasteiger partial charge in [0, 0.05) is 0 Å². The molecule has 0 spiro atoms. The summed E-state index contributed by atoms with van der Waals surface area (Å²) in [6.07, 6.45) is 0. The van der Waals surface area contributed by atoms with Crippen LogP contribution in [0.3, 0.4) is 0 Å². The van der Waals surface area contributed by atoms with E-state index < -0.39 is 0 Å². The quantitative estimate of drug-likeness (QED) is 0.289. The maximum absolute atomic E-state index is 5.83. The van der Waals surface area contributed by atoms with Crippen LogP contribution >= 0.6 is 22.7 Å². The van der Waals surface area contributed by atoms with E-state index in [0.29, 0.717) is 5.95 Å². The second kappa shape index (κ2) is 7.45. The third-order valence-corrected chi connectivity index (χ3v) is 4.84. The molecule has 8 N–H and O–H groups in total. The lowest BCUT2D eigenvalue weighted by Gasteiger charge is -2.21. The van der Waals surface area contributed by atoms with E-state index in [9.17, 15) is 0 Å². The lowest BCUT2D eigenvalue weighted by Crippen LogP contribution is -2.28. The van der Waals surface area contributed by atoms with Crippen LogP contribution in [0.1, 0.15) is 0 Å². The molecule has 0 saturated heterocycles. The second-order valence-electron chi connectivity index (χ2n) is 5.19. The van der Waals surface area contributed by atoms with Crippen molar-refractivity contribution in [1.82, 2.24) is 29.9 Å². The molecule has 0 aliphatic heterocycles. The standard InChI is InChI=1S/C14H14N12S2/c15-9-19-10(16)23-14(22-9)26(8-4-2-6-28-8)25-13-21-11(17)20-12(24-13)18-7-3-1-5-27-7/h1-6H,(H4,15,16,19,22,23)(H4,17,18,20,21,24,25). The zero-order valence-corrected chi connectivity index (χ0v) is 15.8. The van der Waals surface area contributed by atoms with E-state index in [1.807, 2.05) is 35.0 Å². The van der Waals surface area contributed by atoms with Crippen LogP contribution in [0.4, 0.5) is 45.7 Å². The number of rotatable bonds is 6. The van der Waals surface area contributed by atoms with Crippen molar-refractivity contribution in [3.8, 4) is 0 Å². The minimum absolute atomic E-state index is 0.0129. The fourth-order valence-corrected chi connectivity index (χ4v) is 3.45. The van der Waals surface area contributed by atoms with E-state index in [2.05, 4.69) is 40.6 Å². The Hall–Kier alpha value is -3.78. The smallest absolute Gasteiger partial charge is 0.256 e. The number of hydrogen-bond acceptors (Lipinski definition) is 14. The summed E-state index contributed by atoms with van der Waals surface area (Å²) >= 11 is 2.94. The van der Waals surface area contributed by atoms with Crippen LogP contribution in [0, 0.1) is 0 Å². The summed E-state index contributed by atoms with van der Waals surface area (Å²) in [7, 11) is 0. The van der Waals surface area contributed by atoms with Crippen molar-refractivity contribution in [2.45, 2.75) is 0 Å². The van der Waals surface area contributed by atoms with Gasteiger partial charge in [-0.05, 0) is 35.0 Å². The van der Waals surface area contributed by atoms with Gasteiger partial charge in [-0.15, -0.1) is 22.7 Å². The molecule has 0 radical (unpaired) electrons. The number of nitrogens with two attached hydrogens (primary N) is 3. The van der Waals surface area contributed by atoms with Gasteiger partial charge in [0.15, 0.2) is 0 Å². The van der Waals surface area contributed by atoms with E-state index in [4.69, 9.17) is 17.2 Å². The van der Waals surface area contributed by atoms with Crippen molar-refractivity contribution in [2.75, 3.05) is 33.0 Å². The summed E-state index contributed by atoms with van der Waals surface area (Å²) in [4.78, 5) is 24.6. The summed E-state index contributed by atoms with van der Waals surface area (Å²) < 4.78 is 0. The first-order chi connectivity index (χ1) is 13.6. The first kappa shape index (κ1) is 17.6. The minimum Gasteiger partial charge on any atom is -0.368 e. The van der Waals surface area contributed by atoms with Crippen molar-refractivity contribution in [3.63, 3.8) is 0 Å². The normalized spacial score (nSPS) is 10.6. The molecule has 4 aromatic heterocycles. The van der Waals surface area contributed by atoms with Crippen LogP contribution in [-0.2, 0) is 0 Å². The molecular formula is C14H14N12S2. The van der Waals surface area contributed by atoms with Crippen LogP contribution in [0.2, 0.25) is 0 Å². The predicted molar refractivity (Wildman–Crippen MR) is 111 cm³/mol. The van der Waals surface area contributed by atoms with Crippen LogP contribution in [0.25, 0.3) is 0 Å². The number of nitrogens with one attached hydrogen (secondary N) is 2. The van der Waals surface area contributed by atoms with Gasteiger partial charge in [0.2, 0.25) is 29.7 Å². The highest BCUT2D eigenvalue weighted by Gasteiger charge is 2.18. The lowest BCUT2D eigenvalue weighted by molar-refractivity contribution is 0.968. The highest BCUT2D eigenvalue weighted by Crippen LogP contribution is 2.28. The number of nitrogen functional groups attached to an aromatic ring is 3. The molecule has 4 heterocycles. The lowest BCUT2D eigenvalue weighted by atomic mass is 10.6. The Morgan fingerprint density at radius 3 is 2.11 bits per heavy atom. The van der Waals surface area contributed by atoms with Gasteiger partial charge in [0.05, 0.1) is 5.00 Å². The minimum atomic E-state index is -0.0129. The average Bonchev–Trinajstić information content (AvgIpc) is 3.32. The van der Waals surface area contributed by atoms with Crippen LogP contribution in [0.5, 0.6) is 0 Å². The average molecular weight is 414 g/mol. The molecule has 0 aliphatic carbocycles. The third kappa shape index (κ3) is 3.97. The Kier molecular flexibility index (Phi) is 4.69.